The fraction of sp³-hybridized carbons (Fsp3) is 0.567. The maximum absolute atomic E-state index is 12.4. The fourth-order valence-corrected chi connectivity index (χ4v) is 3.61. The Labute approximate surface area is 207 Å². The lowest BCUT2D eigenvalue weighted by molar-refractivity contribution is -0.116. The smallest absolute Gasteiger partial charge is 0.224 e. The molecule has 4 heteroatoms. The Morgan fingerprint density at radius 1 is 0.824 bits per heavy atom. The molecule has 0 aliphatic heterocycles. The summed E-state index contributed by atoms with van der Waals surface area (Å²) < 4.78 is 11.9. The first-order valence-electron chi connectivity index (χ1n) is 12.9. The van der Waals surface area contributed by atoms with Crippen LogP contribution >= 0.6 is 0 Å². The number of carbonyl (C=O) groups is 1. The molecule has 0 spiro atoms. The van der Waals surface area contributed by atoms with E-state index in [0.29, 0.717) is 19.4 Å². The Kier molecular flexibility index (Phi) is 10.5. The molecule has 0 aromatic heterocycles. The number of rotatable bonds is 14. The van der Waals surface area contributed by atoms with Crippen molar-refractivity contribution in [1.82, 2.24) is 0 Å². The van der Waals surface area contributed by atoms with Gasteiger partial charge in [0.15, 0.2) is 0 Å². The van der Waals surface area contributed by atoms with E-state index in [1.807, 2.05) is 24.3 Å². The predicted molar refractivity (Wildman–Crippen MR) is 143 cm³/mol. The zero-order valence-corrected chi connectivity index (χ0v) is 22.4. The quantitative estimate of drug-likeness (QED) is 0.286. The van der Waals surface area contributed by atoms with Crippen LogP contribution in [-0.2, 0) is 15.6 Å². The van der Waals surface area contributed by atoms with Crippen LogP contribution in [0.3, 0.4) is 0 Å². The molecule has 0 fully saturated rings. The van der Waals surface area contributed by atoms with Crippen molar-refractivity contribution in [2.45, 2.75) is 97.8 Å². The summed E-state index contributed by atoms with van der Waals surface area (Å²) in [5, 5.41) is 2.96. The number of amides is 1. The van der Waals surface area contributed by atoms with Crippen LogP contribution in [0.2, 0.25) is 0 Å². The second-order valence-corrected chi connectivity index (χ2v) is 10.4. The Balaban J connectivity index is 1.90. The molecule has 0 saturated carbocycles. The average Bonchev–Trinajstić information content (AvgIpc) is 2.83. The molecular formula is C30H45NO3. The summed E-state index contributed by atoms with van der Waals surface area (Å²) in [6.45, 7) is 16.9. The van der Waals surface area contributed by atoms with Crippen molar-refractivity contribution in [1.29, 1.82) is 0 Å². The van der Waals surface area contributed by atoms with Crippen LogP contribution in [0.15, 0.2) is 42.5 Å². The van der Waals surface area contributed by atoms with Gasteiger partial charge < -0.3 is 14.8 Å². The van der Waals surface area contributed by atoms with Crippen LogP contribution in [0.1, 0.15) is 98.1 Å². The lowest BCUT2D eigenvalue weighted by Crippen LogP contribution is -2.21. The first-order valence-corrected chi connectivity index (χ1v) is 12.9. The van der Waals surface area contributed by atoms with Crippen molar-refractivity contribution in [3.8, 4) is 11.5 Å². The number of hydrogen-bond acceptors (Lipinski definition) is 3. The molecule has 2 rings (SSSR count). The van der Waals surface area contributed by atoms with Gasteiger partial charge in [0.25, 0.3) is 0 Å². The third-order valence-electron chi connectivity index (χ3n) is 6.97. The highest BCUT2D eigenvalue weighted by molar-refractivity contribution is 5.90. The van der Waals surface area contributed by atoms with Crippen molar-refractivity contribution in [2.24, 2.45) is 0 Å². The van der Waals surface area contributed by atoms with Gasteiger partial charge in [-0.05, 0) is 72.4 Å². The minimum Gasteiger partial charge on any atom is -0.494 e. The normalized spacial score (nSPS) is 11.9. The van der Waals surface area contributed by atoms with Gasteiger partial charge in [-0.15, -0.1) is 0 Å². The van der Waals surface area contributed by atoms with Gasteiger partial charge in [0.2, 0.25) is 5.91 Å². The van der Waals surface area contributed by atoms with E-state index in [2.05, 4.69) is 72.0 Å². The monoisotopic (exact) mass is 467 g/mol. The third-order valence-corrected chi connectivity index (χ3v) is 6.97. The number of nitrogens with one attached hydrogen (secondary N) is 1. The Morgan fingerprint density at radius 2 is 1.47 bits per heavy atom. The standard InChI is InChI=1S/C30H45NO3/c1-8-11-20-33-25-17-15-24(16-18-25)31-28(32)13-12-21-34-27-19-14-23(29(4,5)9-2)22-26(27)30(6,7)10-3/h14-19,22H,8-13,20-21H2,1-7H3,(H,31,32). The van der Waals surface area contributed by atoms with E-state index in [1.165, 1.54) is 11.1 Å². The molecule has 2 aromatic rings. The first-order chi connectivity index (χ1) is 16.1. The van der Waals surface area contributed by atoms with Crippen LogP contribution in [0.5, 0.6) is 11.5 Å². The molecule has 1 N–H and O–H groups in total. The fourth-order valence-electron chi connectivity index (χ4n) is 3.61. The average molecular weight is 468 g/mol. The maximum Gasteiger partial charge on any atom is 0.224 e. The molecule has 0 heterocycles. The molecule has 0 radical (unpaired) electrons. The molecule has 0 unspecified atom stereocenters. The van der Waals surface area contributed by atoms with E-state index in [1.54, 1.807) is 0 Å². The van der Waals surface area contributed by atoms with Crippen LogP contribution in [0.4, 0.5) is 5.69 Å². The number of carbonyl (C=O) groups excluding carboxylic acids is 1. The molecule has 2 aromatic carbocycles. The van der Waals surface area contributed by atoms with E-state index in [0.717, 1.165) is 49.5 Å². The zero-order valence-electron chi connectivity index (χ0n) is 22.4. The van der Waals surface area contributed by atoms with Crippen LogP contribution in [0, 0.1) is 0 Å². The number of ether oxygens (including phenoxy) is 2. The van der Waals surface area contributed by atoms with Crippen molar-refractivity contribution in [3.05, 3.63) is 53.6 Å². The summed E-state index contributed by atoms with van der Waals surface area (Å²) >= 11 is 0. The second-order valence-electron chi connectivity index (χ2n) is 10.4. The lowest BCUT2D eigenvalue weighted by atomic mass is 9.76. The van der Waals surface area contributed by atoms with Gasteiger partial charge in [0, 0.05) is 17.7 Å². The Hall–Kier alpha value is -2.49. The van der Waals surface area contributed by atoms with E-state index in [9.17, 15) is 4.79 Å². The maximum atomic E-state index is 12.4. The minimum absolute atomic E-state index is 0.00240. The summed E-state index contributed by atoms with van der Waals surface area (Å²) in [4.78, 5) is 12.4. The van der Waals surface area contributed by atoms with Crippen LogP contribution < -0.4 is 14.8 Å². The number of benzene rings is 2. The van der Waals surface area contributed by atoms with Crippen molar-refractivity contribution >= 4 is 11.6 Å². The van der Waals surface area contributed by atoms with Gasteiger partial charge in [0.1, 0.15) is 11.5 Å². The van der Waals surface area contributed by atoms with E-state index >= 15 is 0 Å². The highest BCUT2D eigenvalue weighted by Crippen LogP contribution is 2.38. The predicted octanol–water partition coefficient (Wildman–Crippen LogP) is 8.04. The van der Waals surface area contributed by atoms with Gasteiger partial charge in [0.05, 0.1) is 13.2 Å². The number of anilines is 1. The summed E-state index contributed by atoms with van der Waals surface area (Å²) in [6, 6.07) is 14.2. The highest BCUT2D eigenvalue weighted by Gasteiger charge is 2.26. The van der Waals surface area contributed by atoms with E-state index in [4.69, 9.17) is 9.47 Å². The minimum atomic E-state index is -0.00240. The molecule has 0 bridgehead atoms. The summed E-state index contributed by atoms with van der Waals surface area (Å²) in [5.41, 5.74) is 3.54. The molecule has 0 aliphatic rings. The highest BCUT2D eigenvalue weighted by atomic mass is 16.5. The van der Waals surface area contributed by atoms with E-state index < -0.39 is 0 Å². The van der Waals surface area contributed by atoms with Crippen LogP contribution in [0.25, 0.3) is 0 Å². The summed E-state index contributed by atoms with van der Waals surface area (Å²) in [5.74, 6) is 1.76. The van der Waals surface area contributed by atoms with Gasteiger partial charge in [-0.2, -0.15) is 0 Å². The lowest BCUT2D eigenvalue weighted by Gasteiger charge is -2.30. The molecule has 4 nitrogen and oxygen atoms in total. The first kappa shape index (κ1) is 27.8. The molecule has 0 saturated heterocycles. The summed E-state index contributed by atoms with van der Waals surface area (Å²) in [7, 11) is 0. The molecule has 0 atom stereocenters. The van der Waals surface area contributed by atoms with Gasteiger partial charge >= 0.3 is 0 Å². The Morgan fingerprint density at radius 3 is 2.09 bits per heavy atom. The molecule has 34 heavy (non-hydrogen) atoms. The SMILES string of the molecule is CCCCOc1ccc(NC(=O)CCCOc2ccc(C(C)(C)CC)cc2C(C)(C)CC)cc1. The van der Waals surface area contributed by atoms with Gasteiger partial charge in [-0.25, -0.2) is 0 Å². The van der Waals surface area contributed by atoms with Crippen molar-refractivity contribution < 1.29 is 14.3 Å². The third kappa shape index (κ3) is 8.07. The zero-order chi connectivity index (χ0) is 25.2. The molecule has 188 valence electrons. The van der Waals surface area contributed by atoms with Gasteiger partial charge in [-0.3, -0.25) is 4.79 Å². The Bertz CT molecular complexity index is 900. The summed E-state index contributed by atoms with van der Waals surface area (Å²) in [6.07, 6.45) is 5.35. The molecular weight excluding hydrogens is 422 g/mol. The number of hydrogen-bond donors (Lipinski definition) is 1. The van der Waals surface area contributed by atoms with Gasteiger partial charge in [-0.1, -0.05) is 67.0 Å². The second kappa shape index (κ2) is 12.8. The topological polar surface area (TPSA) is 47.6 Å². The van der Waals surface area contributed by atoms with Crippen molar-refractivity contribution in [3.63, 3.8) is 0 Å². The van der Waals surface area contributed by atoms with Crippen LogP contribution in [-0.4, -0.2) is 19.1 Å². The largest absolute Gasteiger partial charge is 0.494 e. The van der Waals surface area contributed by atoms with Crippen molar-refractivity contribution in [2.75, 3.05) is 18.5 Å². The number of unbranched alkanes of at least 4 members (excludes halogenated alkanes) is 1. The van der Waals surface area contributed by atoms with E-state index in [-0.39, 0.29) is 16.7 Å². The molecule has 1 amide bonds. The molecule has 0 aliphatic carbocycles.